The standard InChI is InChI=1S/C21H18N2O3/c1-26-21(25)17-10-12-23(19-7-3-2-6-16(17)19)20(24)15-8-9-18-14(13-15)5-4-11-22-18/h2-9,11,13,17H,10,12H2,1H3. The first-order valence-electron chi connectivity index (χ1n) is 8.52. The van der Waals surface area contributed by atoms with E-state index in [-0.39, 0.29) is 17.8 Å². The summed E-state index contributed by atoms with van der Waals surface area (Å²) in [6, 6.07) is 16.8. The van der Waals surface area contributed by atoms with Gasteiger partial charge in [0.05, 0.1) is 18.5 Å². The highest BCUT2D eigenvalue weighted by Gasteiger charge is 2.33. The summed E-state index contributed by atoms with van der Waals surface area (Å²) in [5.41, 5.74) is 3.07. The Kier molecular flexibility index (Phi) is 4.13. The number of hydrogen-bond acceptors (Lipinski definition) is 4. The van der Waals surface area contributed by atoms with Crippen LogP contribution in [0.15, 0.2) is 60.8 Å². The predicted molar refractivity (Wildman–Crippen MR) is 99.2 cm³/mol. The normalized spacial score (nSPS) is 16.2. The fourth-order valence-electron chi connectivity index (χ4n) is 3.52. The number of pyridine rings is 1. The maximum absolute atomic E-state index is 13.1. The second kappa shape index (κ2) is 6.59. The van der Waals surface area contributed by atoms with Crippen LogP contribution in [0.3, 0.4) is 0 Å². The SMILES string of the molecule is COC(=O)C1CCN(C(=O)c2ccc3ncccc3c2)c2ccccc21. The van der Waals surface area contributed by atoms with Gasteiger partial charge in [-0.05, 0) is 42.3 Å². The third-order valence-electron chi connectivity index (χ3n) is 4.83. The van der Waals surface area contributed by atoms with Gasteiger partial charge in [0.2, 0.25) is 0 Å². The van der Waals surface area contributed by atoms with E-state index in [2.05, 4.69) is 4.98 Å². The monoisotopic (exact) mass is 346 g/mol. The van der Waals surface area contributed by atoms with Gasteiger partial charge in [-0.3, -0.25) is 14.6 Å². The molecular weight excluding hydrogens is 328 g/mol. The van der Waals surface area contributed by atoms with Crippen LogP contribution in [-0.2, 0) is 9.53 Å². The van der Waals surface area contributed by atoms with Crippen molar-refractivity contribution in [1.82, 2.24) is 4.98 Å². The summed E-state index contributed by atoms with van der Waals surface area (Å²) in [6.45, 7) is 0.473. The number of fused-ring (bicyclic) bond motifs is 2. The van der Waals surface area contributed by atoms with Crippen LogP contribution in [0.1, 0.15) is 28.3 Å². The summed E-state index contributed by atoms with van der Waals surface area (Å²) in [5.74, 6) is -0.672. The molecule has 4 rings (SSSR count). The Labute approximate surface area is 151 Å². The van der Waals surface area contributed by atoms with Crippen molar-refractivity contribution in [1.29, 1.82) is 0 Å². The van der Waals surface area contributed by atoms with Gasteiger partial charge in [0.25, 0.3) is 5.91 Å². The van der Waals surface area contributed by atoms with E-state index in [1.54, 1.807) is 17.2 Å². The van der Waals surface area contributed by atoms with Gasteiger partial charge in [0, 0.05) is 29.4 Å². The summed E-state index contributed by atoms with van der Waals surface area (Å²) < 4.78 is 4.93. The van der Waals surface area contributed by atoms with Crippen molar-refractivity contribution < 1.29 is 14.3 Å². The third kappa shape index (κ3) is 2.71. The van der Waals surface area contributed by atoms with Gasteiger partial charge in [0.1, 0.15) is 0 Å². The molecule has 5 heteroatoms. The lowest BCUT2D eigenvalue weighted by molar-refractivity contribution is -0.142. The van der Waals surface area contributed by atoms with Crippen molar-refractivity contribution in [3.8, 4) is 0 Å². The number of hydrogen-bond donors (Lipinski definition) is 0. The van der Waals surface area contributed by atoms with Gasteiger partial charge in [-0.2, -0.15) is 0 Å². The minimum absolute atomic E-state index is 0.0773. The molecule has 0 radical (unpaired) electrons. The van der Waals surface area contributed by atoms with Gasteiger partial charge in [-0.25, -0.2) is 0 Å². The van der Waals surface area contributed by atoms with Gasteiger partial charge < -0.3 is 9.64 Å². The highest BCUT2D eigenvalue weighted by molar-refractivity contribution is 6.09. The molecule has 0 fully saturated rings. The Morgan fingerprint density at radius 1 is 1.12 bits per heavy atom. The van der Waals surface area contributed by atoms with E-state index in [0.717, 1.165) is 22.2 Å². The Morgan fingerprint density at radius 2 is 1.96 bits per heavy atom. The average Bonchev–Trinajstić information content (AvgIpc) is 2.71. The Hall–Kier alpha value is -3.21. The van der Waals surface area contributed by atoms with Crippen LogP contribution < -0.4 is 4.90 Å². The third-order valence-corrected chi connectivity index (χ3v) is 4.83. The Balaban J connectivity index is 1.72. The van der Waals surface area contributed by atoms with E-state index in [9.17, 15) is 9.59 Å². The van der Waals surface area contributed by atoms with Crippen molar-refractivity contribution >= 4 is 28.5 Å². The average molecular weight is 346 g/mol. The number of benzene rings is 2. The van der Waals surface area contributed by atoms with Gasteiger partial charge in [-0.15, -0.1) is 0 Å². The maximum Gasteiger partial charge on any atom is 0.313 e. The number of para-hydroxylation sites is 1. The first-order valence-corrected chi connectivity index (χ1v) is 8.52. The zero-order valence-corrected chi connectivity index (χ0v) is 14.4. The van der Waals surface area contributed by atoms with Gasteiger partial charge in [0.15, 0.2) is 0 Å². The second-order valence-electron chi connectivity index (χ2n) is 6.29. The number of rotatable bonds is 2. The molecule has 26 heavy (non-hydrogen) atoms. The van der Waals surface area contributed by atoms with E-state index in [1.165, 1.54) is 7.11 Å². The fourth-order valence-corrected chi connectivity index (χ4v) is 3.52. The number of anilines is 1. The lowest BCUT2D eigenvalue weighted by Crippen LogP contribution is -2.38. The molecule has 1 aromatic heterocycles. The van der Waals surface area contributed by atoms with Crippen molar-refractivity contribution in [3.05, 3.63) is 71.9 Å². The zero-order chi connectivity index (χ0) is 18.1. The van der Waals surface area contributed by atoms with Crippen LogP contribution in [-0.4, -0.2) is 30.5 Å². The van der Waals surface area contributed by atoms with E-state index in [0.29, 0.717) is 18.5 Å². The molecule has 0 saturated carbocycles. The first-order chi connectivity index (χ1) is 12.7. The van der Waals surface area contributed by atoms with Crippen molar-refractivity contribution in [2.24, 2.45) is 0 Å². The van der Waals surface area contributed by atoms with E-state index < -0.39 is 0 Å². The van der Waals surface area contributed by atoms with Crippen molar-refractivity contribution in [3.63, 3.8) is 0 Å². The molecule has 2 heterocycles. The molecule has 5 nitrogen and oxygen atoms in total. The first kappa shape index (κ1) is 16.3. The molecule has 1 amide bonds. The van der Waals surface area contributed by atoms with Crippen LogP contribution in [0.4, 0.5) is 5.69 Å². The predicted octanol–water partition coefficient (Wildman–Crippen LogP) is 3.54. The summed E-state index contributed by atoms with van der Waals surface area (Å²) in [4.78, 5) is 31.3. The summed E-state index contributed by atoms with van der Waals surface area (Å²) in [6.07, 6.45) is 2.28. The highest BCUT2D eigenvalue weighted by atomic mass is 16.5. The molecule has 1 aliphatic heterocycles. The molecule has 0 bridgehead atoms. The topological polar surface area (TPSA) is 59.5 Å². The smallest absolute Gasteiger partial charge is 0.313 e. The van der Waals surface area contributed by atoms with E-state index in [4.69, 9.17) is 4.74 Å². The maximum atomic E-state index is 13.1. The van der Waals surface area contributed by atoms with E-state index >= 15 is 0 Å². The van der Waals surface area contributed by atoms with E-state index in [1.807, 2.05) is 48.5 Å². The van der Waals surface area contributed by atoms with Crippen LogP contribution in [0, 0.1) is 0 Å². The Morgan fingerprint density at radius 3 is 2.81 bits per heavy atom. The molecule has 2 aromatic carbocycles. The zero-order valence-electron chi connectivity index (χ0n) is 14.4. The number of methoxy groups -OCH3 is 1. The number of nitrogens with zero attached hydrogens (tertiary/aromatic N) is 2. The van der Waals surface area contributed by atoms with Crippen LogP contribution in [0.5, 0.6) is 0 Å². The number of carbonyl (C=O) groups excluding carboxylic acids is 2. The number of esters is 1. The minimum atomic E-state index is -0.332. The molecular formula is C21H18N2O3. The minimum Gasteiger partial charge on any atom is -0.469 e. The van der Waals surface area contributed by atoms with Crippen LogP contribution in [0.25, 0.3) is 10.9 Å². The summed E-state index contributed by atoms with van der Waals surface area (Å²) >= 11 is 0. The molecule has 130 valence electrons. The number of aromatic nitrogens is 1. The molecule has 0 aliphatic carbocycles. The second-order valence-corrected chi connectivity index (χ2v) is 6.29. The van der Waals surface area contributed by atoms with Gasteiger partial charge >= 0.3 is 5.97 Å². The lowest BCUT2D eigenvalue weighted by atomic mass is 9.89. The molecule has 0 N–H and O–H groups in total. The Bertz CT molecular complexity index is 999. The molecule has 1 aliphatic rings. The quantitative estimate of drug-likeness (QED) is 0.666. The van der Waals surface area contributed by atoms with Crippen LogP contribution >= 0.6 is 0 Å². The van der Waals surface area contributed by atoms with Crippen LogP contribution in [0.2, 0.25) is 0 Å². The number of ether oxygens (including phenoxy) is 1. The number of amides is 1. The lowest BCUT2D eigenvalue weighted by Gasteiger charge is -2.33. The van der Waals surface area contributed by atoms with Gasteiger partial charge in [-0.1, -0.05) is 24.3 Å². The summed E-state index contributed by atoms with van der Waals surface area (Å²) in [7, 11) is 1.39. The molecule has 3 aromatic rings. The summed E-state index contributed by atoms with van der Waals surface area (Å²) in [5, 5.41) is 0.927. The molecule has 0 saturated heterocycles. The fraction of sp³-hybridized carbons (Fsp3) is 0.190. The molecule has 1 unspecified atom stereocenters. The highest BCUT2D eigenvalue weighted by Crippen LogP contribution is 2.36. The number of carbonyl (C=O) groups is 2. The van der Waals surface area contributed by atoms with Crippen molar-refractivity contribution in [2.45, 2.75) is 12.3 Å². The largest absolute Gasteiger partial charge is 0.469 e. The molecule has 1 atom stereocenters. The molecule has 0 spiro atoms. The van der Waals surface area contributed by atoms with Crippen molar-refractivity contribution in [2.75, 3.05) is 18.6 Å².